The first-order valence-corrected chi connectivity index (χ1v) is 10.9. The minimum atomic E-state index is -0.0363. The summed E-state index contributed by atoms with van der Waals surface area (Å²) in [6, 6.07) is 18.8. The molecule has 1 heterocycles. The van der Waals surface area contributed by atoms with Crippen molar-refractivity contribution in [3.8, 4) is 22.4 Å². The van der Waals surface area contributed by atoms with Crippen molar-refractivity contribution in [3.05, 3.63) is 77.4 Å². The maximum atomic E-state index is 12.0. The Bertz CT molecular complexity index is 1000. The molecule has 0 aliphatic rings. The Balaban J connectivity index is 1.82. The molecule has 0 saturated heterocycles. The van der Waals surface area contributed by atoms with Gasteiger partial charge in [-0.05, 0) is 23.1 Å². The Morgan fingerprint density at radius 1 is 1.07 bits per heavy atom. The van der Waals surface area contributed by atoms with Gasteiger partial charge in [-0.15, -0.1) is 23.0 Å². The zero-order valence-corrected chi connectivity index (χ0v) is 17.6. The molecule has 2 aromatic carbocycles. The van der Waals surface area contributed by atoms with Crippen LogP contribution >= 0.6 is 11.3 Å². The van der Waals surface area contributed by atoms with Crippen molar-refractivity contribution in [1.29, 1.82) is 0 Å². The summed E-state index contributed by atoms with van der Waals surface area (Å²) in [5, 5.41) is 6.42. The molecule has 1 aromatic heterocycles. The van der Waals surface area contributed by atoms with Gasteiger partial charge in [0, 0.05) is 18.3 Å². The van der Waals surface area contributed by atoms with Crippen LogP contribution in [0.15, 0.2) is 77.7 Å². The monoisotopic (exact) mass is 405 g/mol. The first kappa shape index (κ1) is 20.8. The number of carbonyl (C=O) groups excluding carboxylic acids is 1. The van der Waals surface area contributed by atoms with Gasteiger partial charge in [0.2, 0.25) is 10.7 Å². The molecule has 3 aromatic rings. The molecule has 29 heavy (non-hydrogen) atoms. The summed E-state index contributed by atoms with van der Waals surface area (Å²) >= 11 is 1.52. The highest BCUT2D eigenvalue weighted by Crippen LogP contribution is 2.25. The first-order chi connectivity index (χ1) is 14.2. The maximum Gasteiger partial charge on any atom is 0.240 e. The molecule has 0 radical (unpaired) electrons. The number of hydrogen-bond acceptors (Lipinski definition) is 3. The fourth-order valence-electron chi connectivity index (χ4n) is 3.12. The number of hydrogen-bond donors (Lipinski definition) is 1. The van der Waals surface area contributed by atoms with E-state index in [1.165, 1.54) is 22.5 Å². The summed E-state index contributed by atoms with van der Waals surface area (Å²) in [4.78, 5) is 12.7. The Morgan fingerprint density at radius 2 is 1.76 bits per heavy atom. The lowest BCUT2D eigenvalue weighted by molar-refractivity contribution is -0.121. The normalized spacial score (nSPS) is 11.4. The first-order valence-electron chi connectivity index (χ1n) is 10.0. The predicted molar refractivity (Wildman–Crippen MR) is 121 cm³/mol. The number of benzene rings is 2. The molecule has 4 nitrogen and oxygen atoms in total. The number of amides is 1. The Labute approximate surface area is 176 Å². The van der Waals surface area contributed by atoms with Crippen LogP contribution in [0.4, 0.5) is 0 Å². The topological polar surface area (TPSA) is 46.4 Å². The van der Waals surface area contributed by atoms with E-state index in [1.807, 2.05) is 24.3 Å². The van der Waals surface area contributed by atoms with Crippen molar-refractivity contribution >= 4 is 17.2 Å². The third-order valence-corrected chi connectivity index (χ3v) is 5.54. The van der Waals surface area contributed by atoms with Crippen molar-refractivity contribution < 1.29 is 4.79 Å². The molecule has 1 N–H and O–H groups in total. The van der Waals surface area contributed by atoms with Crippen molar-refractivity contribution in [2.24, 2.45) is 5.10 Å². The molecule has 0 aliphatic heterocycles. The minimum Gasteiger partial charge on any atom is -0.311 e. The van der Waals surface area contributed by atoms with Crippen molar-refractivity contribution in [1.82, 2.24) is 9.99 Å². The fraction of sp³-hybridized carbons (Fsp3) is 0.250. The highest BCUT2D eigenvalue weighted by atomic mass is 32.1. The van der Waals surface area contributed by atoms with Crippen molar-refractivity contribution in [2.75, 3.05) is 0 Å². The fourth-order valence-corrected chi connectivity index (χ4v) is 4.00. The van der Waals surface area contributed by atoms with Crippen LogP contribution in [0.3, 0.4) is 0 Å². The van der Waals surface area contributed by atoms with Gasteiger partial charge in [0.25, 0.3) is 0 Å². The summed E-state index contributed by atoms with van der Waals surface area (Å²) in [5.74, 6) is -0.0363. The molecule has 0 saturated carbocycles. The van der Waals surface area contributed by atoms with Gasteiger partial charge in [-0.1, -0.05) is 80.4 Å². The van der Waals surface area contributed by atoms with E-state index in [1.54, 1.807) is 0 Å². The number of allylic oxidation sites excluding steroid dienone is 1. The van der Waals surface area contributed by atoms with Gasteiger partial charge in [-0.25, -0.2) is 5.43 Å². The quantitative estimate of drug-likeness (QED) is 0.282. The van der Waals surface area contributed by atoms with Gasteiger partial charge in [0.1, 0.15) is 0 Å². The summed E-state index contributed by atoms with van der Waals surface area (Å²) in [5.41, 5.74) is 7.25. The van der Waals surface area contributed by atoms with Crippen LogP contribution in [0.25, 0.3) is 22.4 Å². The average molecular weight is 406 g/mol. The van der Waals surface area contributed by atoms with Gasteiger partial charge in [0.15, 0.2) is 0 Å². The number of nitrogens with zero attached hydrogens (tertiary/aromatic N) is 2. The second-order valence-electron chi connectivity index (χ2n) is 6.85. The highest BCUT2D eigenvalue weighted by Gasteiger charge is 2.08. The van der Waals surface area contributed by atoms with Crippen LogP contribution in [0.2, 0.25) is 0 Å². The lowest BCUT2D eigenvalue weighted by Gasteiger charge is -2.08. The summed E-state index contributed by atoms with van der Waals surface area (Å²) in [6.07, 6.45) is 5.41. The molecule has 5 heteroatoms. The smallest absolute Gasteiger partial charge is 0.240 e. The lowest BCUT2D eigenvalue weighted by Crippen LogP contribution is -2.24. The van der Waals surface area contributed by atoms with E-state index in [-0.39, 0.29) is 5.91 Å². The molecule has 3 rings (SSSR count). The van der Waals surface area contributed by atoms with E-state index in [0.29, 0.717) is 13.0 Å². The number of nitrogens with one attached hydrogen (secondary N) is 1. The van der Waals surface area contributed by atoms with Crippen LogP contribution in [-0.4, -0.2) is 10.5 Å². The Kier molecular flexibility index (Phi) is 7.59. The molecule has 0 fully saturated rings. The Hall–Kier alpha value is -2.92. The number of unbranched alkanes of at least 4 members (excludes halogenated alkanes) is 2. The number of thiazole rings is 1. The summed E-state index contributed by atoms with van der Waals surface area (Å²) in [7, 11) is 0. The molecule has 0 bridgehead atoms. The van der Waals surface area contributed by atoms with Gasteiger partial charge < -0.3 is 4.57 Å². The second-order valence-corrected chi connectivity index (χ2v) is 7.69. The lowest BCUT2D eigenvalue weighted by atomic mass is 10.0. The molecule has 0 atom stereocenters. The van der Waals surface area contributed by atoms with Crippen molar-refractivity contribution in [2.45, 2.75) is 39.2 Å². The predicted octanol–water partition coefficient (Wildman–Crippen LogP) is 5.58. The zero-order chi connectivity index (χ0) is 20.5. The van der Waals surface area contributed by atoms with Crippen LogP contribution in [0, 0.1) is 0 Å². The maximum absolute atomic E-state index is 12.0. The van der Waals surface area contributed by atoms with Crippen LogP contribution in [0.5, 0.6) is 0 Å². The number of carbonyl (C=O) groups is 1. The van der Waals surface area contributed by atoms with Gasteiger partial charge in [-0.3, -0.25) is 4.79 Å². The van der Waals surface area contributed by atoms with E-state index in [9.17, 15) is 4.79 Å². The Morgan fingerprint density at radius 3 is 2.45 bits per heavy atom. The van der Waals surface area contributed by atoms with Crippen LogP contribution in [0.1, 0.15) is 32.6 Å². The van der Waals surface area contributed by atoms with E-state index in [4.69, 9.17) is 0 Å². The van der Waals surface area contributed by atoms with Crippen LogP contribution in [-0.2, 0) is 11.3 Å². The highest BCUT2D eigenvalue weighted by molar-refractivity contribution is 7.07. The van der Waals surface area contributed by atoms with Gasteiger partial charge in [0.05, 0.1) is 5.69 Å². The van der Waals surface area contributed by atoms with Crippen molar-refractivity contribution in [3.63, 3.8) is 0 Å². The number of aromatic nitrogens is 1. The zero-order valence-electron chi connectivity index (χ0n) is 16.8. The van der Waals surface area contributed by atoms with Crippen LogP contribution < -0.4 is 10.2 Å². The summed E-state index contributed by atoms with van der Waals surface area (Å²) < 4.78 is 2.07. The SMILES string of the molecule is C=CCn1c(-c2ccc(-c3ccccc3)cc2)cs/c1=N/NC(=O)CCCCC. The van der Waals surface area contributed by atoms with E-state index >= 15 is 0 Å². The number of rotatable bonds is 9. The molecule has 0 aliphatic carbocycles. The standard InChI is InChI=1S/C24H27N3OS/c1-3-5-7-12-23(28)25-26-24-27(17-4-2)22(18-29-24)21-15-13-20(14-16-21)19-10-8-6-9-11-19/h4,6,8-11,13-16,18H,2-3,5,7,12,17H2,1H3,(H,25,28)/b26-24+. The third-order valence-electron chi connectivity index (χ3n) is 4.68. The van der Waals surface area contributed by atoms with E-state index < -0.39 is 0 Å². The molecule has 1 amide bonds. The summed E-state index contributed by atoms with van der Waals surface area (Å²) in [6.45, 7) is 6.62. The molecular weight excluding hydrogens is 378 g/mol. The average Bonchev–Trinajstić information content (AvgIpc) is 3.16. The molecule has 0 spiro atoms. The third kappa shape index (κ3) is 5.55. The second kappa shape index (κ2) is 10.6. The molecular formula is C24H27N3OS. The van der Waals surface area contributed by atoms with Gasteiger partial charge >= 0.3 is 0 Å². The minimum absolute atomic E-state index is 0.0363. The van der Waals surface area contributed by atoms with E-state index in [2.05, 4.69) is 70.4 Å². The molecule has 150 valence electrons. The largest absolute Gasteiger partial charge is 0.311 e. The van der Waals surface area contributed by atoms with Gasteiger partial charge in [-0.2, -0.15) is 0 Å². The molecule has 0 unspecified atom stereocenters. The van der Waals surface area contributed by atoms with E-state index in [0.717, 1.165) is 35.3 Å².